The number of carbonyl (C=O) groups is 1. The van der Waals surface area contributed by atoms with Gasteiger partial charge < -0.3 is 9.72 Å². The van der Waals surface area contributed by atoms with Crippen molar-refractivity contribution in [2.24, 2.45) is 0 Å². The minimum absolute atomic E-state index is 0.160. The van der Waals surface area contributed by atoms with Crippen molar-refractivity contribution in [2.75, 3.05) is 7.11 Å². The lowest BCUT2D eigenvalue weighted by Crippen LogP contribution is -2.14. The van der Waals surface area contributed by atoms with Gasteiger partial charge in [0, 0.05) is 4.88 Å². The third kappa shape index (κ3) is 1.90. The third-order valence-corrected chi connectivity index (χ3v) is 3.00. The van der Waals surface area contributed by atoms with Crippen molar-refractivity contribution in [3.8, 4) is 10.4 Å². The Morgan fingerprint density at radius 2 is 2.19 bits per heavy atom. The number of nitrogens with one attached hydrogen (secondary N) is 1. The summed E-state index contributed by atoms with van der Waals surface area (Å²) in [5.41, 5.74) is 0.431. The molecule has 0 saturated heterocycles. The van der Waals surface area contributed by atoms with Gasteiger partial charge in [-0.05, 0) is 23.6 Å². The summed E-state index contributed by atoms with van der Waals surface area (Å²) in [6, 6.07) is 6.89. The molecule has 1 N–H and O–H groups in total. The molecule has 5 heteroatoms. The fraction of sp³-hybridized carbons (Fsp3) is 0.0909. The van der Waals surface area contributed by atoms with E-state index in [1.54, 1.807) is 12.1 Å². The van der Waals surface area contributed by atoms with Gasteiger partial charge in [0.15, 0.2) is 0 Å². The maximum absolute atomic E-state index is 11.7. The molecule has 0 atom stereocenters. The van der Waals surface area contributed by atoms with Gasteiger partial charge in [-0.2, -0.15) is 0 Å². The Balaban J connectivity index is 2.46. The van der Waals surface area contributed by atoms with E-state index in [0.29, 0.717) is 5.56 Å². The maximum atomic E-state index is 11.7. The second-order valence-electron chi connectivity index (χ2n) is 3.08. The van der Waals surface area contributed by atoms with Gasteiger partial charge in [-0.3, -0.25) is 4.79 Å². The summed E-state index contributed by atoms with van der Waals surface area (Å²) < 4.78 is 4.52. The van der Waals surface area contributed by atoms with Gasteiger partial charge in [-0.15, -0.1) is 11.3 Å². The number of carbonyl (C=O) groups excluding carboxylic acids is 1. The van der Waals surface area contributed by atoms with Crippen LogP contribution in [0.1, 0.15) is 10.5 Å². The van der Waals surface area contributed by atoms with E-state index in [4.69, 9.17) is 0 Å². The largest absolute Gasteiger partial charge is 0.464 e. The predicted octanol–water partition coefficient (Wildman–Crippen LogP) is 1.89. The number of methoxy groups -OCH3 is 1. The van der Waals surface area contributed by atoms with E-state index in [2.05, 4.69) is 9.72 Å². The minimum atomic E-state index is -0.546. The molecule has 2 heterocycles. The molecule has 0 aliphatic heterocycles. The van der Waals surface area contributed by atoms with Crippen LogP contribution in [-0.2, 0) is 4.74 Å². The number of hydrogen-bond donors (Lipinski definition) is 1. The van der Waals surface area contributed by atoms with E-state index in [9.17, 15) is 9.59 Å². The number of aromatic amines is 1. The Labute approximate surface area is 95.5 Å². The molecule has 0 spiro atoms. The van der Waals surface area contributed by atoms with Crippen LogP contribution in [0.5, 0.6) is 0 Å². The summed E-state index contributed by atoms with van der Waals surface area (Å²) in [7, 11) is 1.27. The molecule has 2 aromatic rings. The Morgan fingerprint density at radius 3 is 2.75 bits per heavy atom. The lowest BCUT2D eigenvalue weighted by atomic mass is 10.2. The fourth-order valence-electron chi connectivity index (χ4n) is 1.33. The number of esters is 1. The average molecular weight is 235 g/mol. The molecule has 2 rings (SSSR count). The summed E-state index contributed by atoms with van der Waals surface area (Å²) in [5.74, 6) is -0.546. The monoisotopic (exact) mass is 235 g/mol. The van der Waals surface area contributed by atoms with Gasteiger partial charge in [-0.25, -0.2) is 4.79 Å². The molecule has 0 unspecified atom stereocenters. The summed E-state index contributed by atoms with van der Waals surface area (Å²) in [6.45, 7) is 0. The molecular weight excluding hydrogens is 226 g/mol. The van der Waals surface area contributed by atoms with Gasteiger partial charge in [-0.1, -0.05) is 6.07 Å². The number of aromatic nitrogens is 1. The van der Waals surface area contributed by atoms with Crippen molar-refractivity contribution in [3.63, 3.8) is 0 Å². The number of rotatable bonds is 2. The first kappa shape index (κ1) is 10.6. The number of ether oxygens (including phenoxy) is 1. The second-order valence-corrected chi connectivity index (χ2v) is 4.03. The standard InChI is InChI=1S/C11H9NO3S/c1-15-11(14)8-5-4-7(10(13)12-8)9-3-2-6-16-9/h2-6H,1H3,(H,12,13). The van der Waals surface area contributed by atoms with Gasteiger partial charge in [0.05, 0.1) is 12.7 Å². The van der Waals surface area contributed by atoms with Crippen molar-refractivity contribution < 1.29 is 9.53 Å². The molecular formula is C11H9NO3S. The Hall–Kier alpha value is -1.88. The summed E-state index contributed by atoms with van der Waals surface area (Å²) in [4.78, 5) is 26.2. The minimum Gasteiger partial charge on any atom is -0.464 e. The molecule has 82 valence electrons. The van der Waals surface area contributed by atoms with E-state index >= 15 is 0 Å². The Morgan fingerprint density at radius 1 is 1.38 bits per heavy atom. The molecule has 0 aliphatic rings. The van der Waals surface area contributed by atoms with Crippen LogP contribution >= 0.6 is 11.3 Å². The Kier molecular flexibility index (Phi) is 2.87. The third-order valence-electron chi connectivity index (χ3n) is 2.10. The molecule has 0 bridgehead atoms. The quantitative estimate of drug-likeness (QED) is 0.808. The zero-order chi connectivity index (χ0) is 11.5. The second kappa shape index (κ2) is 4.32. The van der Waals surface area contributed by atoms with E-state index < -0.39 is 5.97 Å². The van der Waals surface area contributed by atoms with Gasteiger partial charge in [0.25, 0.3) is 5.56 Å². The van der Waals surface area contributed by atoms with Crippen LogP contribution in [0, 0.1) is 0 Å². The van der Waals surface area contributed by atoms with Crippen LogP contribution in [0.2, 0.25) is 0 Å². The number of hydrogen-bond acceptors (Lipinski definition) is 4. The molecule has 0 amide bonds. The van der Waals surface area contributed by atoms with Crippen LogP contribution < -0.4 is 5.56 Å². The molecule has 0 radical (unpaired) electrons. The van der Waals surface area contributed by atoms with E-state index in [1.807, 2.05) is 17.5 Å². The van der Waals surface area contributed by atoms with Gasteiger partial charge >= 0.3 is 5.97 Å². The van der Waals surface area contributed by atoms with Crippen LogP contribution in [0.3, 0.4) is 0 Å². The molecule has 0 fully saturated rings. The normalized spacial score (nSPS) is 10.1. The molecule has 0 aliphatic carbocycles. The van der Waals surface area contributed by atoms with E-state index in [0.717, 1.165) is 4.88 Å². The summed E-state index contributed by atoms with van der Waals surface area (Å²) in [5, 5.41) is 1.89. The predicted molar refractivity (Wildman–Crippen MR) is 61.7 cm³/mol. The van der Waals surface area contributed by atoms with Gasteiger partial charge in [0.1, 0.15) is 5.69 Å². The smallest absolute Gasteiger partial charge is 0.354 e. The maximum Gasteiger partial charge on any atom is 0.354 e. The average Bonchev–Trinajstić information content (AvgIpc) is 2.81. The van der Waals surface area contributed by atoms with E-state index in [1.165, 1.54) is 18.4 Å². The van der Waals surface area contributed by atoms with E-state index in [-0.39, 0.29) is 11.3 Å². The molecule has 2 aromatic heterocycles. The topological polar surface area (TPSA) is 59.2 Å². The first-order valence-electron chi connectivity index (χ1n) is 4.58. The highest BCUT2D eigenvalue weighted by molar-refractivity contribution is 7.13. The lowest BCUT2D eigenvalue weighted by molar-refractivity contribution is 0.0594. The zero-order valence-corrected chi connectivity index (χ0v) is 9.34. The van der Waals surface area contributed by atoms with Crippen molar-refractivity contribution in [2.45, 2.75) is 0 Å². The zero-order valence-electron chi connectivity index (χ0n) is 8.52. The Bertz CT molecular complexity index is 557. The number of thiophene rings is 1. The number of pyridine rings is 1. The molecule has 16 heavy (non-hydrogen) atoms. The van der Waals surface area contributed by atoms with Crippen molar-refractivity contribution in [1.82, 2.24) is 4.98 Å². The molecule has 0 saturated carbocycles. The summed E-state index contributed by atoms with van der Waals surface area (Å²) >= 11 is 1.47. The van der Waals surface area contributed by atoms with Crippen molar-refractivity contribution >= 4 is 17.3 Å². The first-order chi connectivity index (χ1) is 7.72. The first-order valence-corrected chi connectivity index (χ1v) is 5.46. The fourth-order valence-corrected chi connectivity index (χ4v) is 2.08. The van der Waals surface area contributed by atoms with Crippen molar-refractivity contribution in [3.05, 3.63) is 45.7 Å². The highest BCUT2D eigenvalue weighted by Crippen LogP contribution is 2.20. The highest BCUT2D eigenvalue weighted by Gasteiger charge is 2.09. The lowest BCUT2D eigenvalue weighted by Gasteiger charge is -2.00. The molecule has 4 nitrogen and oxygen atoms in total. The molecule has 0 aromatic carbocycles. The number of H-pyrrole nitrogens is 1. The summed E-state index contributed by atoms with van der Waals surface area (Å²) in [6.07, 6.45) is 0. The SMILES string of the molecule is COC(=O)c1ccc(-c2cccs2)c(=O)[nH]1. The van der Waals surface area contributed by atoms with Crippen LogP contribution in [0.25, 0.3) is 10.4 Å². The highest BCUT2D eigenvalue weighted by atomic mass is 32.1. The van der Waals surface area contributed by atoms with Crippen molar-refractivity contribution in [1.29, 1.82) is 0 Å². The van der Waals surface area contributed by atoms with Crippen LogP contribution in [0.15, 0.2) is 34.4 Å². The van der Waals surface area contributed by atoms with Crippen LogP contribution in [-0.4, -0.2) is 18.1 Å². The van der Waals surface area contributed by atoms with Crippen LogP contribution in [0.4, 0.5) is 0 Å². The van der Waals surface area contributed by atoms with Gasteiger partial charge in [0.2, 0.25) is 0 Å².